The lowest BCUT2D eigenvalue weighted by Crippen LogP contribution is -2.47. The van der Waals surface area contributed by atoms with E-state index >= 15 is 0 Å². The SMILES string of the molecule is CCCCC(=O)N1CCN(CCN2CCOCC2)c2ccccc21. The van der Waals surface area contributed by atoms with Crippen molar-refractivity contribution in [1.82, 2.24) is 4.90 Å². The Kier molecular flexibility index (Phi) is 6.10. The van der Waals surface area contributed by atoms with Crippen molar-refractivity contribution in [2.45, 2.75) is 26.2 Å². The second kappa shape index (κ2) is 8.49. The maximum absolute atomic E-state index is 12.5. The van der Waals surface area contributed by atoms with Crippen LogP contribution in [0.1, 0.15) is 26.2 Å². The van der Waals surface area contributed by atoms with Gasteiger partial charge in [0.25, 0.3) is 0 Å². The standard InChI is InChI=1S/C19H29N3O2/c1-2-3-8-19(23)22-12-11-21(17-6-4-5-7-18(17)22)10-9-20-13-15-24-16-14-20/h4-7H,2-3,8-16H2,1H3. The Morgan fingerprint density at radius 3 is 2.54 bits per heavy atom. The van der Waals surface area contributed by atoms with Crippen LogP contribution >= 0.6 is 0 Å². The fourth-order valence-corrected chi connectivity index (χ4v) is 3.46. The minimum absolute atomic E-state index is 0.261. The molecule has 1 amide bonds. The van der Waals surface area contributed by atoms with Crippen LogP contribution in [0.4, 0.5) is 11.4 Å². The molecule has 0 aromatic heterocycles. The number of rotatable bonds is 6. The number of para-hydroxylation sites is 2. The molecule has 0 N–H and O–H groups in total. The zero-order valence-electron chi connectivity index (χ0n) is 14.7. The number of carbonyl (C=O) groups is 1. The molecule has 0 atom stereocenters. The molecule has 0 unspecified atom stereocenters. The molecule has 5 heteroatoms. The van der Waals surface area contributed by atoms with Crippen LogP contribution in [0.15, 0.2) is 24.3 Å². The Morgan fingerprint density at radius 1 is 1.04 bits per heavy atom. The number of nitrogens with zero attached hydrogens (tertiary/aromatic N) is 3. The van der Waals surface area contributed by atoms with Crippen molar-refractivity contribution in [2.24, 2.45) is 0 Å². The van der Waals surface area contributed by atoms with Gasteiger partial charge in [0.2, 0.25) is 5.91 Å². The molecule has 5 nitrogen and oxygen atoms in total. The molecule has 1 aromatic rings. The number of hydrogen-bond donors (Lipinski definition) is 0. The third-order valence-corrected chi connectivity index (χ3v) is 4.94. The van der Waals surface area contributed by atoms with E-state index in [2.05, 4.69) is 34.9 Å². The van der Waals surface area contributed by atoms with Crippen LogP contribution in [0.25, 0.3) is 0 Å². The summed E-state index contributed by atoms with van der Waals surface area (Å²) in [5.41, 5.74) is 2.27. The van der Waals surface area contributed by atoms with E-state index in [4.69, 9.17) is 4.74 Å². The van der Waals surface area contributed by atoms with E-state index in [-0.39, 0.29) is 5.91 Å². The molecule has 24 heavy (non-hydrogen) atoms. The first kappa shape index (κ1) is 17.2. The number of amides is 1. The molecule has 2 aliphatic heterocycles. The molecular weight excluding hydrogens is 302 g/mol. The highest BCUT2D eigenvalue weighted by Gasteiger charge is 2.26. The first-order valence-electron chi connectivity index (χ1n) is 9.24. The van der Waals surface area contributed by atoms with Gasteiger partial charge in [0.05, 0.1) is 24.6 Å². The van der Waals surface area contributed by atoms with Crippen molar-refractivity contribution in [1.29, 1.82) is 0 Å². The second-order valence-corrected chi connectivity index (χ2v) is 6.58. The lowest BCUT2D eigenvalue weighted by Gasteiger charge is -2.39. The summed E-state index contributed by atoms with van der Waals surface area (Å²) in [7, 11) is 0. The first-order valence-corrected chi connectivity index (χ1v) is 9.24. The second-order valence-electron chi connectivity index (χ2n) is 6.58. The molecule has 0 radical (unpaired) electrons. The molecule has 2 heterocycles. The lowest BCUT2D eigenvalue weighted by atomic mass is 10.1. The Hall–Kier alpha value is -1.59. The summed E-state index contributed by atoms with van der Waals surface area (Å²) in [6.45, 7) is 9.64. The Labute approximate surface area is 145 Å². The number of ether oxygens (including phenoxy) is 1. The van der Waals surface area contributed by atoms with Crippen LogP contribution in [-0.4, -0.2) is 63.3 Å². The van der Waals surface area contributed by atoms with Crippen LogP contribution in [0.3, 0.4) is 0 Å². The average Bonchev–Trinajstić information content (AvgIpc) is 2.65. The van der Waals surface area contributed by atoms with Crippen LogP contribution in [0.2, 0.25) is 0 Å². The van der Waals surface area contributed by atoms with Crippen molar-refractivity contribution in [3.05, 3.63) is 24.3 Å². The van der Waals surface area contributed by atoms with Gasteiger partial charge < -0.3 is 14.5 Å². The highest BCUT2D eigenvalue weighted by atomic mass is 16.5. The van der Waals surface area contributed by atoms with Crippen molar-refractivity contribution in [3.63, 3.8) is 0 Å². The van der Waals surface area contributed by atoms with Gasteiger partial charge in [-0.2, -0.15) is 0 Å². The van der Waals surface area contributed by atoms with Crippen LogP contribution in [0.5, 0.6) is 0 Å². The van der Waals surface area contributed by atoms with E-state index in [9.17, 15) is 4.79 Å². The smallest absolute Gasteiger partial charge is 0.227 e. The number of hydrogen-bond acceptors (Lipinski definition) is 4. The predicted octanol–water partition coefficient (Wildman–Crippen LogP) is 2.36. The minimum Gasteiger partial charge on any atom is -0.379 e. The summed E-state index contributed by atoms with van der Waals surface area (Å²) in [5.74, 6) is 0.261. The van der Waals surface area contributed by atoms with Gasteiger partial charge in [-0.15, -0.1) is 0 Å². The topological polar surface area (TPSA) is 36.0 Å². The van der Waals surface area contributed by atoms with E-state index in [1.54, 1.807) is 0 Å². The molecule has 2 aliphatic rings. The van der Waals surface area contributed by atoms with E-state index < -0.39 is 0 Å². The quantitative estimate of drug-likeness (QED) is 0.802. The van der Waals surface area contributed by atoms with Crippen molar-refractivity contribution >= 4 is 17.3 Å². The maximum Gasteiger partial charge on any atom is 0.227 e. The Morgan fingerprint density at radius 2 is 1.79 bits per heavy atom. The van der Waals surface area contributed by atoms with Gasteiger partial charge in [-0.05, 0) is 18.6 Å². The summed E-state index contributed by atoms with van der Waals surface area (Å²) in [5, 5.41) is 0. The molecule has 3 rings (SSSR count). The van der Waals surface area contributed by atoms with Gasteiger partial charge in [-0.3, -0.25) is 9.69 Å². The minimum atomic E-state index is 0.261. The molecule has 0 saturated carbocycles. The molecule has 0 aliphatic carbocycles. The van der Waals surface area contributed by atoms with Gasteiger partial charge in [-0.25, -0.2) is 0 Å². The molecular formula is C19H29N3O2. The number of morpholine rings is 1. The maximum atomic E-state index is 12.5. The number of unbranched alkanes of at least 4 members (excludes halogenated alkanes) is 1. The molecule has 0 spiro atoms. The van der Waals surface area contributed by atoms with E-state index in [0.29, 0.717) is 6.42 Å². The van der Waals surface area contributed by atoms with Crippen LogP contribution in [0, 0.1) is 0 Å². The van der Waals surface area contributed by atoms with Gasteiger partial charge in [-0.1, -0.05) is 25.5 Å². The number of fused-ring (bicyclic) bond motifs is 1. The zero-order chi connectivity index (χ0) is 16.8. The van der Waals surface area contributed by atoms with Gasteiger partial charge in [0.1, 0.15) is 0 Å². The van der Waals surface area contributed by atoms with Gasteiger partial charge >= 0.3 is 0 Å². The molecule has 0 bridgehead atoms. The summed E-state index contributed by atoms with van der Waals surface area (Å²) in [4.78, 5) is 19.4. The Balaban J connectivity index is 1.65. The average molecular weight is 331 g/mol. The summed E-state index contributed by atoms with van der Waals surface area (Å²) < 4.78 is 5.42. The van der Waals surface area contributed by atoms with Crippen molar-refractivity contribution in [3.8, 4) is 0 Å². The third-order valence-electron chi connectivity index (χ3n) is 4.94. The zero-order valence-corrected chi connectivity index (χ0v) is 14.7. The highest BCUT2D eigenvalue weighted by molar-refractivity contribution is 5.97. The number of benzene rings is 1. The van der Waals surface area contributed by atoms with Crippen molar-refractivity contribution in [2.75, 3.05) is 62.3 Å². The largest absolute Gasteiger partial charge is 0.379 e. The lowest BCUT2D eigenvalue weighted by molar-refractivity contribution is -0.118. The fraction of sp³-hybridized carbons (Fsp3) is 0.632. The number of carbonyl (C=O) groups excluding carboxylic acids is 1. The first-order chi connectivity index (χ1) is 11.8. The fourth-order valence-electron chi connectivity index (χ4n) is 3.46. The summed E-state index contributed by atoms with van der Waals surface area (Å²) in [6, 6.07) is 8.33. The van der Waals surface area contributed by atoms with Crippen LogP contribution < -0.4 is 9.80 Å². The number of anilines is 2. The van der Waals surface area contributed by atoms with Crippen LogP contribution in [-0.2, 0) is 9.53 Å². The highest BCUT2D eigenvalue weighted by Crippen LogP contribution is 2.33. The predicted molar refractivity (Wildman–Crippen MR) is 97.8 cm³/mol. The third kappa shape index (κ3) is 4.08. The molecule has 1 fully saturated rings. The Bertz CT molecular complexity index is 543. The van der Waals surface area contributed by atoms with E-state index in [1.807, 2.05) is 11.0 Å². The van der Waals surface area contributed by atoms with E-state index in [1.165, 1.54) is 5.69 Å². The monoisotopic (exact) mass is 331 g/mol. The van der Waals surface area contributed by atoms with Gasteiger partial charge in [0, 0.05) is 45.7 Å². The van der Waals surface area contributed by atoms with Gasteiger partial charge in [0.15, 0.2) is 0 Å². The molecule has 1 aromatic carbocycles. The molecule has 132 valence electrons. The van der Waals surface area contributed by atoms with Crippen molar-refractivity contribution < 1.29 is 9.53 Å². The molecule has 1 saturated heterocycles. The summed E-state index contributed by atoms with van der Waals surface area (Å²) in [6.07, 6.45) is 2.68. The summed E-state index contributed by atoms with van der Waals surface area (Å²) >= 11 is 0. The normalized spacial score (nSPS) is 18.5. The van der Waals surface area contributed by atoms with E-state index in [0.717, 1.165) is 71.0 Å².